The van der Waals surface area contributed by atoms with Gasteiger partial charge in [0.2, 0.25) is 5.91 Å². The maximum Gasteiger partial charge on any atom is 0.247 e. The minimum Gasteiger partial charge on any atom is -0.380 e. The van der Waals surface area contributed by atoms with Crippen molar-refractivity contribution in [2.24, 2.45) is 17.8 Å². The standard InChI is InChI=1S/C29H35N5O2/c1-20-15-22(16-30)9-11-26(20)21(2)17-32-28(23-7-5-4-6-8-23)29(35)33-27-12-10-24(18-31-27)34-14-13-25(19-34)36-3/h4-12,15,18,20-21,25-26,28,32H,13-14,17,19H2,1-3H3,(H,31,33,35)/t20?,21-,25+,26?,28+/m1/s1. The second kappa shape index (κ2) is 12.0. The first-order valence-electron chi connectivity index (χ1n) is 12.6. The van der Waals surface area contributed by atoms with Crippen LogP contribution in [0.4, 0.5) is 11.5 Å². The van der Waals surface area contributed by atoms with Crippen LogP contribution in [0.3, 0.4) is 0 Å². The molecular formula is C29H35N5O2. The molecular weight excluding hydrogens is 450 g/mol. The third kappa shape index (κ3) is 6.20. The van der Waals surface area contributed by atoms with Gasteiger partial charge in [0, 0.05) is 25.8 Å². The Hall–Kier alpha value is -3.47. The summed E-state index contributed by atoms with van der Waals surface area (Å²) in [4.78, 5) is 20.1. The molecule has 188 valence electrons. The van der Waals surface area contributed by atoms with Crippen LogP contribution in [0.5, 0.6) is 0 Å². The molecule has 1 saturated heterocycles. The maximum atomic E-state index is 13.4. The van der Waals surface area contributed by atoms with Crippen molar-refractivity contribution in [2.45, 2.75) is 32.4 Å². The highest BCUT2D eigenvalue weighted by molar-refractivity contribution is 5.94. The third-order valence-corrected chi connectivity index (χ3v) is 7.22. The van der Waals surface area contributed by atoms with Gasteiger partial charge in [-0.3, -0.25) is 4.79 Å². The summed E-state index contributed by atoms with van der Waals surface area (Å²) in [6, 6.07) is 15.3. The lowest BCUT2D eigenvalue weighted by Crippen LogP contribution is -2.37. The molecule has 36 heavy (non-hydrogen) atoms. The van der Waals surface area contributed by atoms with Crippen LogP contribution in [0.1, 0.15) is 31.9 Å². The van der Waals surface area contributed by atoms with Crippen LogP contribution >= 0.6 is 0 Å². The van der Waals surface area contributed by atoms with E-state index >= 15 is 0 Å². The fraction of sp³-hybridized carbons (Fsp3) is 0.414. The number of carbonyl (C=O) groups is 1. The van der Waals surface area contributed by atoms with E-state index in [0.717, 1.165) is 30.8 Å². The van der Waals surface area contributed by atoms with Crippen molar-refractivity contribution in [3.8, 4) is 6.07 Å². The first kappa shape index (κ1) is 25.6. The number of carbonyl (C=O) groups excluding carboxylic acids is 1. The van der Waals surface area contributed by atoms with Crippen LogP contribution in [-0.4, -0.2) is 43.7 Å². The van der Waals surface area contributed by atoms with E-state index in [4.69, 9.17) is 4.74 Å². The van der Waals surface area contributed by atoms with E-state index in [1.807, 2.05) is 54.6 Å². The number of nitriles is 1. The molecule has 2 aliphatic rings. The second-order valence-electron chi connectivity index (χ2n) is 9.74. The number of ether oxygens (including phenoxy) is 1. The Morgan fingerprint density at radius 1 is 1.28 bits per heavy atom. The average Bonchev–Trinajstić information content (AvgIpc) is 3.39. The predicted molar refractivity (Wildman–Crippen MR) is 142 cm³/mol. The summed E-state index contributed by atoms with van der Waals surface area (Å²) in [6.45, 7) is 6.76. The molecule has 7 heteroatoms. The van der Waals surface area contributed by atoms with Crippen LogP contribution < -0.4 is 15.5 Å². The highest BCUT2D eigenvalue weighted by Gasteiger charge is 2.27. The van der Waals surface area contributed by atoms with Gasteiger partial charge in [0.05, 0.1) is 24.1 Å². The molecule has 1 aromatic carbocycles. The van der Waals surface area contributed by atoms with E-state index in [1.165, 1.54) is 0 Å². The minimum atomic E-state index is -0.510. The number of nitrogens with one attached hydrogen (secondary N) is 2. The van der Waals surface area contributed by atoms with E-state index in [0.29, 0.717) is 23.9 Å². The lowest BCUT2D eigenvalue weighted by molar-refractivity contribution is -0.118. The summed E-state index contributed by atoms with van der Waals surface area (Å²) >= 11 is 0. The second-order valence-corrected chi connectivity index (χ2v) is 9.74. The zero-order chi connectivity index (χ0) is 25.5. The SMILES string of the molecule is CO[C@H]1CCN(c2ccc(NC(=O)[C@@H](NC[C@@H](C)C3C=CC(C#N)=CC3C)c3ccccc3)nc2)C1. The van der Waals surface area contributed by atoms with Gasteiger partial charge in [-0.15, -0.1) is 0 Å². The maximum absolute atomic E-state index is 13.4. The van der Waals surface area contributed by atoms with E-state index in [-0.39, 0.29) is 23.8 Å². The molecule has 1 aliphatic carbocycles. The molecule has 1 aromatic heterocycles. The quantitative estimate of drug-likeness (QED) is 0.544. The summed E-state index contributed by atoms with van der Waals surface area (Å²) in [5.41, 5.74) is 2.64. The summed E-state index contributed by atoms with van der Waals surface area (Å²) in [5, 5.41) is 15.6. The number of nitrogens with zero attached hydrogens (tertiary/aromatic N) is 3. The Kier molecular flexibility index (Phi) is 8.52. The van der Waals surface area contributed by atoms with Gasteiger partial charge in [-0.2, -0.15) is 5.26 Å². The van der Waals surface area contributed by atoms with E-state index in [2.05, 4.69) is 46.5 Å². The number of aromatic nitrogens is 1. The minimum absolute atomic E-state index is 0.145. The predicted octanol–water partition coefficient (Wildman–Crippen LogP) is 4.48. The molecule has 4 rings (SSSR count). The Morgan fingerprint density at radius 3 is 2.72 bits per heavy atom. The van der Waals surface area contributed by atoms with Gasteiger partial charge in [0.1, 0.15) is 11.9 Å². The smallest absolute Gasteiger partial charge is 0.247 e. The van der Waals surface area contributed by atoms with Crippen LogP contribution in [0.2, 0.25) is 0 Å². The fourth-order valence-corrected chi connectivity index (χ4v) is 5.07. The lowest BCUT2D eigenvalue weighted by Gasteiger charge is -2.29. The van der Waals surface area contributed by atoms with Crippen molar-refractivity contribution in [3.63, 3.8) is 0 Å². The normalized spacial score (nSPS) is 23.0. The summed E-state index contributed by atoms with van der Waals surface area (Å²) in [6.07, 6.45) is 9.10. The molecule has 2 heterocycles. The van der Waals surface area contributed by atoms with Gasteiger partial charge >= 0.3 is 0 Å². The molecule has 1 aliphatic heterocycles. The van der Waals surface area contributed by atoms with Crippen LogP contribution in [0.25, 0.3) is 0 Å². The van der Waals surface area contributed by atoms with Gasteiger partial charge in [-0.05, 0) is 54.5 Å². The number of amides is 1. The van der Waals surface area contributed by atoms with Gasteiger partial charge in [-0.1, -0.05) is 56.3 Å². The van der Waals surface area contributed by atoms with Crippen molar-refractivity contribution >= 4 is 17.4 Å². The van der Waals surface area contributed by atoms with Crippen LogP contribution in [0.15, 0.2) is 72.5 Å². The molecule has 2 aromatic rings. The van der Waals surface area contributed by atoms with Crippen molar-refractivity contribution in [2.75, 3.05) is 37.0 Å². The Bertz CT molecular complexity index is 1120. The molecule has 2 unspecified atom stereocenters. The number of anilines is 2. The Balaban J connectivity index is 1.40. The van der Waals surface area contributed by atoms with Crippen molar-refractivity contribution in [1.29, 1.82) is 5.26 Å². The largest absolute Gasteiger partial charge is 0.380 e. The van der Waals surface area contributed by atoms with Crippen molar-refractivity contribution in [1.82, 2.24) is 10.3 Å². The average molecular weight is 486 g/mol. The summed E-state index contributed by atoms with van der Waals surface area (Å²) in [5.74, 6) is 1.23. The third-order valence-electron chi connectivity index (χ3n) is 7.22. The van der Waals surface area contributed by atoms with Gasteiger partial charge in [-0.25, -0.2) is 4.98 Å². The van der Waals surface area contributed by atoms with Crippen LogP contribution in [-0.2, 0) is 9.53 Å². The lowest BCUT2D eigenvalue weighted by atomic mass is 9.79. The molecule has 0 spiro atoms. The number of allylic oxidation sites excluding steroid dienone is 4. The Labute approximate surface area is 213 Å². The van der Waals surface area contributed by atoms with Gasteiger partial charge < -0.3 is 20.3 Å². The molecule has 0 saturated carbocycles. The zero-order valence-electron chi connectivity index (χ0n) is 21.2. The Morgan fingerprint density at radius 2 is 2.08 bits per heavy atom. The van der Waals surface area contributed by atoms with Gasteiger partial charge in [0.15, 0.2) is 0 Å². The van der Waals surface area contributed by atoms with Crippen molar-refractivity contribution in [3.05, 3.63) is 78.0 Å². The summed E-state index contributed by atoms with van der Waals surface area (Å²) in [7, 11) is 1.75. The van der Waals surface area contributed by atoms with E-state index in [9.17, 15) is 10.1 Å². The summed E-state index contributed by atoms with van der Waals surface area (Å²) < 4.78 is 5.46. The number of benzene rings is 1. The highest BCUT2D eigenvalue weighted by atomic mass is 16.5. The fourth-order valence-electron chi connectivity index (χ4n) is 5.07. The number of pyridine rings is 1. The molecule has 7 nitrogen and oxygen atoms in total. The number of hydrogen-bond donors (Lipinski definition) is 2. The van der Waals surface area contributed by atoms with E-state index < -0.39 is 6.04 Å². The monoisotopic (exact) mass is 485 g/mol. The number of rotatable bonds is 9. The molecule has 0 radical (unpaired) electrons. The highest BCUT2D eigenvalue weighted by Crippen LogP contribution is 2.29. The van der Waals surface area contributed by atoms with E-state index in [1.54, 1.807) is 13.3 Å². The molecule has 1 amide bonds. The number of methoxy groups -OCH3 is 1. The zero-order valence-corrected chi connectivity index (χ0v) is 21.2. The first-order valence-corrected chi connectivity index (χ1v) is 12.6. The van der Waals surface area contributed by atoms with Crippen molar-refractivity contribution < 1.29 is 9.53 Å². The molecule has 0 bridgehead atoms. The topological polar surface area (TPSA) is 90.3 Å². The first-order chi connectivity index (χ1) is 17.5. The molecule has 1 fully saturated rings. The molecule has 5 atom stereocenters. The van der Waals surface area contributed by atoms with Crippen LogP contribution in [0, 0.1) is 29.1 Å². The molecule has 2 N–H and O–H groups in total. The number of hydrogen-bond acceptors (Lipinski definition) is 6. The van der Waals surface area contributed by atoms with Gasteiger partial charge in [0.25, 0.3) is 0 Å².